The fourth-order valence-electron chi connectivity index (χ4n) is 1.66. The first-order chi connectivity index (χ1) is 9.56. The number of thioether (sulfide) groups is 1. The van der Waals surface area contributed by atoms with Crippen LogP contribution in [-0.4, -0.2) is 11.7 Å². The molecule has 0 aliphatic rings. The van der Waals surface area contributed by atoms with Gasteiger partial charge in [-0.3, -0.25) is 4.79 Å². The Bertz CT molecular complexity index is 633. The summed E-state index contributed by atoms with van der Waals surface area (Å²) in [5, 5.41) is 2.84. The lowest BCUT2D eigenvalue weighted by Gasteiger charge is -2.09. The van der Waals surface area contributed by atoms with Crippen molar-refractivity contribution in [2.75, 3.05) is 11.1 Å². The maximum absolute atomic E-state index is 13.4. The lowest BCUT2D eigenvalue weighted by atomic mass is 10.2. The Hall–Kier alpha value is -1.08. The highest BCUT2D eigenvalue weighted by atomic mass is 127. The molecule has 1 amide bonds. The summed E-state index contributed by atoms with van der Waals surface area (Å²) in [5.74, 6) is -0.245. The monoisotopic (exact) mass is 401 g/mol. The van der Waals surface area contributed by atoms with Crippen molar-refractivity contribution < 1.29 is 9.18 Å². The molecule has 0 spiro atoms. The first-order valence-corrected chi connectivity index (χ1v) is 8.06. The molecule has 0 bridgehead atoms. The molecule has 0 aromatic heterocycles. The van der Waals surface area contributed by atoms with Crippen LogP contribution in [0.25, 0.3) is 0 Å². The van der Waals surface area contributed by atoms with Crippen LogP contribution in [0.5, 0.6) is 0 Å². The number of nitrogens with one attached hydrogen (secondary N) is 1. The smallest absolute Gasteiger partial charge is 0.234 e. The Morgan fingerprint density at radius 2 is 2.05 bits per heavy atom. The van der Waals surface area contributed by atoms with E-state index in [-0.39, 0.29) is 17.5 Å². The highest BCUT2D eigenvalue weighted by Gasteiger charge is 2.08. The van der Waals surface area contributed by atoms with Crippen LogP contribution in [0, 0.1) is 16.3 Å². The minimum absolute atomic E-state index is 0.137. The van der Waals surface area contributed by atoms with Gasteiger partial charge in [0.05, 0.1) is 5.75 Å². The van der Waals surface area contributed by atoms with Crippen molar-refractivity contribution in [2.24, 2.45) is 0 Å². The van der Waals surface area contributed by atoms with Crippen molar-refractivity contribution in [1.29, 1.82) is 0 Å². The van der Waals surface area contributed by atoms with E-state index >= 15 is 0 Å². The molecule has 0 fully saturated rings. The van der Waals surface area contributed by atoms with E-state index in [0.717, 1.165) is 14.8 Å². The molecule has 1 N–H and O–H groups in total. The zero-order valence-corrected chi connectivity index (χ0v) is 13.8. The largest absolute Gasteiger partial charge is 0.325 e. The van der Waals surface area contributed by atoms with Gasteiger partial charge in [-0.15, -0.1) is 11.8 Å². The van der Waals surface area contributed by atoms with E-state index in [2.05, 4.69) is 27.9 Å². The Morgan fingerprint density at radius 3 is 2.75 bits per heavy atom. The lowest BCUT2D eigenvalue weighted by Crippen LogP contribution is -2.14. The van der Waals surface area contributed by atoms with Gasteiger partial charge in [0.15, 0.2) is 0 Å². The second kappa shape index (κ2) is 7.08. The van der Waals surface area contributed by atoms with Gasteiger partial charge < -0.3 is 5.32 Å². The fourth-order valence-corrected chi connectivity index (χ4v) is 3.05. The second-order valence-corrected chi connectivity index (χ2v) is 6.49. The highest BCUT2D eigenvalue weighted by molar-refractivity contribution is 14.1. The molecule has 0 radical (unpaired) electrons. The Balaban J connectivity index is 1.94. The van der Waals surface area contributed by atoms with E-state index in [0.29, 0.717) is 4.90 Å². The number of hydrogen-bond acceptors (Lipinski definition) is 2. The molecule has 20 heavy (non-hydrogen) atoms. The normalized spacial score (nSPS) is 10.3. The van der Waals surface area contributed by atoms with Gasteiger partial charge in [0.1, 0.15) is 5.82 Å². The van der Waals surface area contributed by atoms with Crippen LogP contribution in [0.1, 0.15) is 5.56 Å². The van der Waals surface area contributed by atoms with Crippen LogP contribution < -0.4 is 5.32 Å². The van der Waals surface area contributed by atoms with E-state index in [1.165, 1.54) is 17.8 Å². The number of halogens is 2. The number of rotatable bonds is 4. The molecule has 0 heterocycles. The van der Waals surface area contributed by atoms with Gasteiger partial charge in [-0.25, -0.2) is 4.39 Å². The molecule has 0 aliphatic heterocycles. The van der Waals surface area contributed by atoms with Crippen LogP contribution in [-0.2, 0) is 4.79 Å². The van der Waals surface area contributed by atoms with Crippen LogP contribution in [0.3, 0.4) is 0 Å². The van der Waals surface area contributed by atoms with Crippen LogP contribution in [0.4, 0.5) is 10.1 Å². The standard InChI is InChI=1S/C15H13FINOS/c1-10-8-11(17)6-7-13(10)18-15(19)9-20-14-5-3-2-4-12(14)16/h2-8H,9H2,1H3,(H,18,19). The molecule has 0 unspecified atom stereocenters. The van der Waals surface area contributed by atoms with E-state index in [1.54, 1.807) is 18.2 Å². The number of anilines is 1. The van der Waals surface area contributed by atoms with Crippen molar-refractivity contribution >= 4 is 45.9 Å². The van der Waals surface area contributed by atoms with Crippen molar-refractivity contribution in [1.82, 2.24) is 0 Å². The maximum atomic E-state index is 13.4. The molecule has 2 aromatic rings. The molecule has 5 heteroatoms. The summed E-state index contributed by atoms with van der Waals surface area (Å²) in [4.78, 5) is 12.4. The summed E-state index contributed by atoms with van der Waals surface area (Å²) >= 11 is 3.42. The van der Waals surface area contributed by atoms with Gasteiger partial charge in [0, 0.05) is 14.2 Å². The van der Waals surface area contributed by atoms with Crippen molar-refractivity contribution in [2.45, 2.75) is 11.8 Å². The first-order valence-electron chi connectivity index (χ1n) is 5.99. The van der Waals surface area contributed by atoms with E-state index in [4.69, 9.17) is 0 Å². The average Bonchev–Trinajstić information content (AvgIpc) is 2.41. The number of benzene rings is 2. The van der Waals surface area contributed by atoms with E-state index in [1.807, 2.05) is 25.1 Å². The van der Waals surface area contributed by atoms with Gasteiger partial charge in [-0.1, -0.05) is 12.1 Å². The number of amides is 1. The molecule has 2 nitrogen and oxygen atoms in total. The lowest BCUT2D eigenvalue weighted by molar-refractivity contribution is -0.113. The van der Waals surface area contributed by atoms with Crippen molar-refractivity contribution in [3.05, 3.63) is 57.4 Å². The molecule has 0 atom stereocenters. The molecular formula is C15H13FINOS. The third-order valence-electron chi connectivity index (χ3n) is 2.66. The predicted molar refractivity (Wildman–Crippen MR) is 89.6 cm³/mol. The summed E-state index contributed by atoms with van der Waals surface area (Å²) in [6.07, 6.45) is 0. The number of carbonyl (C=O) groups is 1. The van der Waals surface area contributed by atoms with Gasteiger partial charge in [-0.05, 0) is 65.4 Å². The summed E-state index contributed by atoms with van der Waals surface area (Å²) in [7, 11) is 0. The van der Waals surface area contributed by atoms with Crippen LogP contribution >= 0.6 is 34.4 Å². The minimum Gasteiger partial charge on any atom is -0.325 e. The number of carbonyl (C=O) groups excluding carboxylic acids is 1. The number of hydrogen-bond donors (Lipinski definition) is 1. The third-order valence-corrected chi connectivity index (χ3v) is 4.38. The van der Waals surface area contributed by atoms with Gasteiger partial charge in [0.2, 0.25) is 5.91 Å². The molecule has 0 saturated heterocycles. The van der Waals surface area contributed by atoms with E-state index < -0.39 is 0 Å². The average molecular weight is 401 g/mol. The predicted octanol–water partition coefficient (Wildman–Crippen LogP) is 4.47. The summed E-state index contributed by atoms with van der Waals surface area (Å²) in [6, 6.07) is 12.3. The van der Waals surface area contributed by atoms with Crippen LogP contribution in [0.2, 0.25) is 0 Å². The summed E-state index contributed by atoms with van der Waals surface area (Å²) < 4.78 is 14.5. The summed E-state index contributed by atoms with van der Waals surface area (Å²) in [5.41, 5.74) is 1.81. The Kier molecular flexibility index (Phi) is 5.42. The van der Waals surface area contributed by atoms with Gasteiger partial charge in [-0.2, -0.15) is 0 Å². The molecule has 2 rings (SSSR count). The highest BCUT2D eigenvalue weighted by Crippen LogP contribution is 2.22. The SMILES string of the molecule is Cc1cc(I)ccc1NC(=O)CSc1ccccc1F. The van der Waals surface area contributed by atoms with Crippen LogP contribution in [0.15, 0.2) is 47.4 Å². The first kappa shape index (κ1) is 15.3. The molecule has 104 valence electrons. The van der Waals surface area contributed by atoms with E-state index in [9.17, 15) is 9.18 Å². The maximum Gasteiger partial charge on any atom is 0.234 e. The van der Waals surface area contributed by atoms with Crippen molar-refractivity contribution in [3.63, 3.8) is 0 Å². The molecule has 2 aromatic carbocycles. The zero-order chi connectivity index (χ0) is 14.5. The second-order valence-electron chi connectivity index (χ2n) is 4.23. The minimum atomic E-state index is -0.296. The molecule has 0 saturated carbocycles. The fraction of sp³-hybridized carbons (Fsp3) is 0.133. The Labute approximate surface area is 135 Å². The topological polar surface area (TPSA) is 29.1 Å². The van der Waals surface area contributed by atoms with Gasteiger partial charge in [0.25, 0.3) is 0 Å². The molecule has 0 aliphatic carbocycles. The number of aryl methyl sites for hydroxylation is 1. The third kappa shape index (κ3) is 4.21. The Morgan fingerprint density at radius 1 is 1.30 bits per heavy atom. The van der Waals surface area contributed by atoms with Gasteiger partial charge >= 0.3 is 0 Å². The van der Waals surface area contributed by atoms with Crippen molar-refractivity contribution in [3.8, 4) is 0 Å². The zero-order valence-electron chi connectivity index (χ0n) is 10.8. The summed E-state index contributed by atoms with van der Waals surface area (Å²) in [6.45, 7) is 1.95. The quantitative estimate of drug-likeness (QED) is 0.605. The molecular weight excluding hydrogens is 388 g/mol.